The number of alkyl halides is 3. The van der Waals surface area contributed by atoms with E-state index in [1.807, 2.05) is 19.1 Å². The van der Waals surface area contributed by atoms with E-state index in [1.54, 1.807) is 24.3 Å². The van der Waals surface area contributed by atoms with Gasteiger partial charge in [0, 0.05) is 5.56 Å². The van der Waals surface area contributed by atoms with Gasteiger partial charge in [0.1, 0.15) is 5.69 Å². The molecule has 0 bridgehead atoms. The molecule has 0 unspecified atom stereocenters. The molecular formula is C23H19F3N2O3. The maximum absolute atomic E-state index is 12.8. The number of nitrogens with one attached hydrogen (secondary N) is 1. The van der Waals surface area contributed by atoms with Crippen molar-refractivity contribution in [2.24, 2.45) is 0 Å². The Labute approximate surface area is 176 Å². The van der Waals surface area contributed by atoms with E-state index in [0.717, 1.165) is 17.7 Å². The smallest absolute Gasteiger partial charge is 0.416 e. The van der Waals surface area contributed by atoms with E-state index in [4.69, 9.17) is 0 Å². The molecule has 3 aromatic rings. The number of carboxylic acid groups (broad SMARTS) is 1. The fraction of sp³-hybridized carbons (Fsp3) is 0.174. The largest absolute Gasteiger partial charge is 0.481 e. The van der Waals surface area contributed by atoms with Gasteiger partial charge >= 0.3 is 12.1 Å². The number of nitrogens with zero attached hydrogens (tertiary/aromatic N) is 1. The van der Waals surface area contributed by atoms with Crippen LogP contribution in [0.4, 0.5) is 13.2 Å². The van der Waals surface area contributed by atoms with Gasteiger partial charge < -0.3 is 10.4 Å². The molecule has 0 aliphatic carbocycles. The zero-order valence-corrected chi connectivity index (χ0v) is 16.5. The molecule has 2 N–H and O–H groups in total. The number of halogens is 3. The van der Waals surface area contributed by atoms with Crippen molar-refractivity contribution in [2.45, 2.75) is 25.6 Å². The number of carbonyl (C=O) groups excluding carboxylic acids is 1. The van der Waals surface area contributed by atoms with Crippen LogP contribution in [0.1, 0.15) is 39.6 Å². The van der Waals surface area contributed by atoms with Gasteiger partial charge in [-0.3, -0.25) is 9.59 Å². The lowest BCUT2D eigenvalue weighted by Crippen LogP contribution is -2.31. The summed E-state index contributed by atoms with van der Waals surface area (Å²) < 4.78 is 38.3. The van der Waals surface area contributed by atoms with Gasteiger partial charge in [-0.15, -0.1) is 0 Å². The van der Waals surface area contributed by atoms with Crippen LogP contribution in [0.25, 0.3) is 11.3 Å². The molecular weight excluding hydrogens is 409 g/mol. The van der Waals surface area contributed by atoms with Gasteiger partial charge in [0.25, 0.3) is 5.91 Å². The molecule has 160 valence electrons. The van der Waals surface area contributed by atoms with Crippen LogP contribution in [-0.2, 0) is 11.0 Å². The van der Waals surface area contributed by atoms with Gasteiger partial charge in [0.15, 0.2) is 0 Å². The molecule has 0 aliphatic rings. The first-order chi connectivity index (χ1) is 14.6. The van der Waals surface area contributed by atoms with Gasteiger partial charge in [0.05, 0.1) is 23.7 Å². The van der Waals surface area contributed by atoms with Crippen molar-refractivity contribution in [1.82, 2.24) is 10.3 Å². The first kappa shape index (κ1) is 22.0. The number of pyridine rings is 1. The Morgan fingerprint density at radius 2 is 1.68 bits per heavy atom. The summed E-state index contributed by atoms with van der Waals surface area (Å²) in [6.07, 6.45) is -4.75. The maximum Gasteiger partial charge on any atom is 0.416 e. The summed E-state index contributed by atoms with van der Waals surface area (Å²) in [5.74, 6) is -1.65. The van der Waals surface area contributed by atoms with Crippen LogP contribution in [0.15, 0.2) is 66.7 Å². The van der Waals surface area contributed by atoms with Crippen LogP contribution in [0.2, 0.25) is 0 Å². The lowest BCUT2D eigenvalue weighted by atomic mass is 9.98. The van der Waals surface area contributed by atoms with Crippen molar-refractivity contribution < 1.29 is 27.9 Å². The van der Waals surface area contributed by atoms with Gasteiger partial charge in [-0.25, -0.2) is 4.98 Å². The quantitative estimate of drug-likeness (QED) is 0.578. The summed E-state index contributed by atoms with van der Waals surface area (Å²) >= 11 is 0. The monoisotopic (exact) mass is 428 g/mol. The zero-order valence-electron chi connectivity index (χ0n) is 16.5. The summed E-state index contributed by atoms with van der Waals surface area (Å²) in [5.41, 5.74) is 1.51. The van der Waals surface area contributed by atoms with Gasteiger partial charge in [-0.05, 0) is 42.3 Å². The predicted molar refractivity (Wildman–Crippen MR) is 108 cm³/mol. The van der Waals surface area contributed by atoms with Crippen LogP contribution in [0.5, 0.6) is 0 Å². The van der Waals surface area contributed by atoms with Gasteiger partial charge in [0.2, 0.25) is 0 Å². The fourth-order valence-electron chi connectivity index (χ4n) is 3.18. The Balaban J connectivity index is 1.85. The number of amides is 1. The van der Waals surface area contributed by atoms with Gasteiger partial charge in [-0.2, -0.15) is 13.2 Å². The SMILES string of the molecule is Cc1ccccc1[C@H](CC(=O)O)NC(=O)c1cccc(-c2ccc(C(F)(F)F)cc2)n1. The topological polar surface area (TPSA) is 79.3 Å². The third kappa shape index (κ3) is 5.48. The molecule has 0 saturated carbocycles. The summed E-state index contributed by atoms with van der Waals surface area (Å²) in [6, 6.07) is 15.4. The van der Waals surface area contributed by atoms with Crippen LogP contribution >= 0.6 is 0 Å². The number of aromatic nitrogens is 1. The predicted octanol–water partition coefficient (Wildman–Crippen LogP) is 5.02. The molecule has 2 aromatic carbocycles. The third-order valence-electron chi connectivity index (χ3n) is 4.74. The Morgan fingerprint density at radius 3 is 2.29 bits per heavy atom. The number of hydrogen-bond donors (Lipinski definition) is 2. The number of benzene rings is 2. The number of carbonyl (C=O) groups is 2. The molecule has 0 spiro atoms. The Hall–Kier alpha value is -3.68. The van der Waals surface area contributed by atoms with Crippen molar-refractivity contribution in [3.8, 4) is 11.3 Å². The highest BCUT2D eigenvalue weighted by Crippen LogP contribution is 2.30. The molecule has 0 aliphatic heterocycles. The normalized spacial score (nSPS) is 12.3. The lowest BCUT2D eigenvalue weighted by molar-refractivity contribution is -0.138. The molecule has 8 heteroatoms. The molecule has 0 fully saturated rings. The zero-order chi connectivity index (χ0) is 22.6. The van der Waals surface area contributed by atoms with E-state index in [-0.39, 0.29) is 12.1 Å². The fourth-order valence-corrected chi connectivity index (χ4v) is 3.18. The van der Waals surface area contributed by atoms with E-state index in [0.29, 0.717) is 16.8 Å². The molecule has 3 rings (SSSR count). The minimum atomic E-state index is -4.44. The third-order valence-corrected chi connectivity index (χ3v) is 4.74. The molecule has 1 amide bonds. The highest BCUT2D eigenvalue weighted by atomic mass is 19.4. The molecule has 1 aromatic heterocycles. The Bertz CT molecular complexity index is 1100. The molecule has 31 heavy (non-hydrogen) atoms. The van der Waals surface area contributed by atoms with E-state index >= 15 is 0 Å². The van der Waals surface area contributed by atoms with Crippen molar-refractivity contribution >= 4 is 11.9 Å². The van der Waals surface area contributed by atoms with Crippen molar-refractivity contribution in [3.63, 3.8) is 0 Å². The minimum Gasteiger partial charge on any atom is -0.481 e. The number of carboxylic acids is 1. The highest BCUT2D eigenvalue weighted by Gasteiger charge is 2.30. The van der Waals surface area contributed by atoms with Crippen LogP contribution in [0, 0.1) is 6.92 Å². The van der Waals surface area contributed by atoms with Crippen LogP contribution in [-0.4, -0.2) is 22.0 Å². The molecule has 5 nitrogen and oxygen atoms in total. The molecule has 1 heterocycles. The van der Waals surface area contributed by atoms with E-state index < -0.39 is 29.7 Å². The lowest BCUT2D eigenvalue weighted by Gasteiger charge is -2.19. The molecule has 0 radical (unpaired) electrons. The minimum absolute atomic E-state index is 0.0290. The standard InChI is InChI=1S/C23H19F3N2O3/c1-14-5-2-3-6-17(14)20(13-21(29)30)28-22(31)19-8-4-7-18(27-19)15-9-11-16(12-10-15)23(24,25)26/h2-12,20H,13H2,1H3,(H,28,31)(H,29,30)/t20-/m0/s1. The van der Waals surface area contributed by atoms with Crippen LogP contribution < -0.4 is 5.32 Å². The van der Waals surface area contributed by atoms with Gasteiger partial charge in [-0.1, -0.05) is 42.5 Å². The average Bonchev–Trinajstić information content (AvgIpc) is 2.73. The van der Waals surface area contributed by atoms with Crippen molar-refractivity contribution in [3.05, 3.63) is 89.1 Å². The summed E-state index contributed by atoms with van der Waals surface area (Å²) in [4.78, 5) is 28.3. The maximum atomic E-state index is 12.8. The second-order valence-corrected chi connectivity index (χ2v) is 6.96. The summed E-state index contributed by atoms with van der Waals surface area (Å²) in [6.45, 7) is 1.82. The second-order valence-electron chi connectivity index (χ2n) is 6.96. The average molecular weight is 428 g/mol. The van der Waals surface area contributed by atoms with E-state index in [2.05, 4.69) is 10.3 Å². The van der Waals surface area contributed by atoms with Crippen molar-refractivity contribution in [2.75, 3.05) is 0 Å². The summed E-state index contributed by atoms with van der Waals surface area (Å²) in [7, 11) is 0. The second kappa shape index (κ2) is 8.99. The first-order valence-corrected chi connectivity index (χ1v) is 9.38. The number of hydrogen-bond acceptors (Lipinski definition) is 3. The summed E-state index contributed by atoms with van der Waals surface area (Å²) in [5, 5.41) is 11.9. The van der Waals surface area contributed by atoms with E-state index in [1.165, 1.54) is 18.2 Å². The molecule has 1 atom stereocenters. The Kier molecular flexibility index (Phi) is 6.39. The van der Waals surface area contributed by atoms with Crippen molar-refractivity contribution in [1.29, 1.82) is 0 Å². The number of rotatable bonds is 6. The number of aryl methyl sites for hydroxylation is 1. The molecule has 0 saturated heterocycles. The highest BCUT2D eigenvalue weighted by molar-refractivity contribution is 5.93. The van der Waals surface area contributed by atoms with E-state index in [9.17, 15) is 27.9 Å². The number of aliphatic carboxylic acids is 1. The first-order valence-electron chi connectivity index (χ1n) is 9.38. The van der Waals surface area contributed by atoms with Crippen LogP contribution in [0.3, 0.4) is 0 Å². The Morgan fingerprint density at radius 1 is 1.00 bits per heavy atom.